The Labute approximate surface area is 144 Å². The summed E-state index contributed by atoms with van der Waals surface area (Å²) in [7, 11) is 1.34. The van der Waals surface area contributed by atoms with Gasteiger partial charge in [0.15, 0.2) is 18.1 Å². The summed E-state index contributed by atoms with van der Waals surface area (Å²) in [6, 6.07) is 4.37. The number of nitrogens with one attached hydrogen (secondary N) is 2. The molecule has 0 saturated carbocycles. The zero-order chi connectivity index (χ0) is 16.9. The Morgan fingerprint density at radius 1 is 1.29 bits per heavy atom. The van der Waals surface area contributed by atoms with E-state index >= 15 is 0 Å². The quantitative estimate of drug-likeness (QED) is 0.838. The van der Waals surface area contributed by atoms with Crippen molar-refractivity contribution in [2.45, 2.75) is 19.0 Å². The van der Waals surface area contributed by atoms with Gasteiger partial charge in [-0.2, -0.15) is 13.2 Å². The van der Waals surface area contributed by atoms with E-state index in [9.17, 15) is 18.0 Å². The molecule has 24 heavy (non-hydrogen) atoms. The van der Waals surface area contributed by atoms with Crippen molar-refractivity contribution in [3.05, 3.63) is 18.2 Å². The summed E-state index contributed by atoms with van der Waals surface area (Å²) in [6.45, 7) is 0.135. The zero-order valence-electron chi connectivity index (χ0n) is 13.1. The fraction of sp³-hybridized carbons (Fsp3) is 0.533. The monoisotopic (exact) mass is 368 g/mol. The Morgan fingerprint density at radius 2 is 1.96 bits per heavy atom. The predicted molar refractivity (Wildman–Crippen MR) is 86.0 cm³/mol. The second-order valence-electron chi connectivity index (χ2n) is 5.28. The first-order valence-corrected chi connectivity index (χ1v) is 7.28. The molecule has 136 valence electrons. The van der Waals surface area contributed by atoms with Crippen molar-refractivity contribution >= 4 is 24.0 Å². The number of amides is 1. The Balaban J connectivity index is 0.00000288. The molecule has 1 aliphatic heterocycles. The van der Waals surface area contributed by atoms with Crippen LogP contribution in [0.15, 0.2) is 18.2 Å². The molecule has 0 bridgehead atoms. The van der Waals surface area contributed by atoms with E-state index in [2.05, 4.69) is 10.6 Å². The molecule has 2 N–H and O–H groups in total. The van der Waals surface area contributed by atoms with Crippen molar-refractivity contribution in [2.75, 3.05) is 32.1 Å². The molecule has 0 unspecified atom stereocenters. The molecule has 0 spiro atoms. The minimum atomic E-state index is -4.45. The van der Waals surface area contributed by atoms with Gasteiger partial charge >= 0.3 is 6.18 Å². The molecule has 2 rings (SSSR count). The van der Waals surface area contributed by atoms with Crippen LogP contribution in [-0.2, 0) is 4.79 Å². The van der Waals surface area contributed by atoms with Crippen LogP contribution in [0.4, 0.5) is 18.9 Å². The van der Waals surface area contributed by atoms with Crippen molar-refractivity contribution in [3.63, 3.8) is 0 Å². The van der Waals surface area contributed by atoms with Crippen LogP contribution in [0, 0.1) is 5.92 Å². The lowest BCUT2D eigenvalue weighted by Gasteiger charge is -2.22. The summed E-state index contributed by atoms with van der Waals surface area (Å²) in [6.07, 6.45) is -2.97. The van der Waals surface area contributed by atoms with Gasteiger partial charge in [0.2, 0.25) is 5.91 Å². The molecule has 0 radical (unpaired) electrons. The molecule has 5 nitrogen and oxygen atoms in total. The van der Waals surface area contributed by atoms with Crippen LogP contribution < -0.4 is 20.1 Å². The molecule has 1 saturated heterocycles. The third-order valence-corrected chi connectivity index (χ3v) is 3.53. The number of halogens is 4. The number of methoxy groups -OCH3 is 1. The smallest absolute Gasteiger partial charge is 0.422 e. The normalized spacial score (nSPS) is 15.3. The summed E-state index contributed by atoms with van der Waals surface area (Å²) < 4.78 is 46.6. The number of ether oxygens (including phenoxy) is 2. The maximum atomic E-state index is 12.3. The SMILES string of the molecule is COc1ccc(NC(=O)C2CCNCC2)cc1OCC(F)(F)F.Cl. The molecule has 9 heteroatoms. The van der Waals surface area contributed by atoms with E-state index in [1.807, 2.05) is 0 Å². The highest BCUT2D eigenvalue weighted by Crippen LogP contribution is 2.32. The molecule has 0 aliphatic carbocycles. The standard InChI is InChI=1S/C15H19F3N2O3.ClH/c1-22-12-3-2-11(8-13(12)23-9-15(16,17)18)20-14(21)10-4-6-19-7-5-10;/h2-3,8,10,19H,4-7,9H2,1H3,(H,20,21);1H. The highest BCUT2D eigenvalue weighted by atomic mass is 35.5. The van der Waals surface area contributed by atoms with Crippen molar-refractivity contribution in [3.8, 4) is 11.5 Å². The van der Waals surface area contributed by atoms with Crippen molar-refractivity contribution < 1.29 is 27.4 Å². The number of hydrogen-bond acceptors (Lipinski definition) is 4. The summed E-state index contributed by atoms with van der Waals surface area (Å²) in [5.74, 6) is -0.126. The van der Waals surface area contributed by atoms with Crippen LogP contribution in [0.25, 0.3) is 0 Å². The number of alkyl halides is 3. The second-order valence-corrected chi connectivity index (χ2v) is 5.28. The largest absolute Gasteiger partial charge is 0.493 e. The lowest BCUT2D eigenvalue weighted by atomic mass is 9.97. The second kappa shape index (κ2) is 8.98. The number of carbonyl (C=O) groups excluding carboxylic acids is 1. The van der Waals surface area contributed by atoms with Crippen LogP contribution in [0.5, 0.6) is 11.5 Å². The average molecular weight is 369 g/mol. The molecule has 1 aromatic rings. The van der Waals surface area contributed by atoms with Crippen LogP contribution >= 0.6 is 12.4 Å². The van der Waals surface area contributed by atoms with E-state index < -0.39 is 12.8 Å². The van der Waals surface area contributed by atoms with Gasteiger partial charge in [0.1, 0.15) is 0 Å². The first-order valence-electron chi connectivity index (χ1n) is 7.28. The van der Waals surface area contributed by atoms with Gasteiger partial charge in [-0.3, -0.25) is 4.79 Å². The predicted octanol–water partition coefficient (Wildman–Crippen LogP) is 3.00. The molecule has 1 fully saturated rings. The molecule has 0 aromatic heterocycles. The molecule has 0 atom stereocenters. The molecular formula is C15H20ClF3N2O3. The van der Waals surface area contributed by atoms with Crippen LogP contribution in [0.2, 0.25) is 0 Å². The molecule has 1 aromatic carbocycles. The lowest BCUT2D eigenvalue weighted by Crippen LogP contribution is -2.34. The van der Waals surface area contributed by atoms with Gasteiger partial charge in [0.05, 0.1) is 7.11 Å². The van der Waals surface area contributed by atoms with E-state index in [0.29, 0.717) is 5.69 Å². The van der Waals surface area contributed by atoms with Crippen LogP contribution in [-0.4, -0.2) is 38.9 Å². The number of benzene rings is 1. The fourth-order valence-corrected chi connectivity index (χ4v) is 2.36. The van der Waals surface area contributed by atoms with Gasteiger partial charge in [0, 0.05) is 17.7 Å². The topological polar surface area (TPSA) is 59.6 Å². The van der Waals surface area contributed by atoms with Crippen molar-refractivity contribution in [2.24, 2.45) is 5.92 Å². The van der Waals surface area contributed by atoms with E-state index in [1.165, 1.54) is 19.2 Å². The number of anilines is 1. The summed E-state index contributed by atoms with van der Waals surface area (Å²) in [5.41, 5.74) is 0.381. The van der Waals surface area contributed by atoms with Crippen molar-refractivity contribution in [1.82, 2.24) is 5.32 Å². The number of hydrogen-bond donors (Lipinski definition) is 2. The zero-order valence-corrected chi connectivity index (χ0v) is 13.9. The minimum Gasteiger partial charge on any atom is -0.493 e. The number of rotatable bonds is 5. The Kier molecular flexibility index (Phi) is 7.62. The highest BCUT2D eigenvalue weighted by Gasteiger charge is 2.29. The summed E-state index contributed by atoms with van der Waals surface area (Å²) in [5, 5.41) is 5.88. The van der Waals surface area contributed by atoms with E-state index in [1.54, 1.807) is 6.07 Å². The molecule has 1 aliphatic rings. The summed E-state index contributed by atoms with van der Waals surface area (Å²) in [4.78, 5) is 12.2. The maximum absolute atomic E-state index is 12.3. The van der Waals surface area contributed by atoms with E-state index in [-0.39, 0.29) is 35.7 Å². The third-order valence-electron chi connectivity index (χ3n) is 3.53. The average Bonchev–Trinajstić information content (AvgIpc) is 2.53. The Morgan fingerprint density at radius 3 is 2.54 bits per heavy atom. The summed E-state index contributed by atoms with van der Waals surface area (Å²) >= 11 is 0. The first kappa shape index (κ1) is 20.4. The highest BCUT2D eigenvalue weighted by molar-refractivity contribution is 5.93. The molecular weight excluding hydrogens is 349 g/mol. The molecule has 1 heterocycles. The first-order chi connectivity index (χ1) is 10.9. The number of piperidine rings is 1. The fourth-order valence-electron chi connectivity index (χ4n) is 2.36. The van der Waals surface area contributed by atoms with Gasteiger partial charge < -0.3 is 20.1 Å². The van der Waals surface area contributed by atoms with Crippen molar-refractivity contribution in [1.29, 1.82) is 0 Å². The van der Waals surface area contributed by atoms with Gasteiger partial charge in [0.25, 0.3) is 0 Å². The van der Waals surface area contributed by atoms with Crippen LogP contribution in [0.3, 0.4) is 0 Å². The maximum Gasteiger partial charge on any atom is 0.422 e. The van der Waals surface area contributed by atoms with Gasteiger partial charge in [-0.15, -0.1) is 12.4 Å². The van der Waals surface area contributed by atoms with Crippen LogP contribution in [0.1, 0.15) is 12.8 Å². The minimum absolute atomic E-state index is 0. The van der Waals surface area contributed by atoms with Gasteiger partial charge in [-0.25, -0.2) is 0 Å². The van der Waals surface area contributed by atoms with E-state index in [0.717, 1.165) is 25.9 Å². The lowest BCUT2D eigenvalue weighted by molar-refractivity contribution is -0.153. The third kappa shape index (κ3) is 6.09. The number of carbonyl (C=O) groups is 1. The van der Waals surface area contributed by atoms with Gasteiger partial charge in [-0.1, -0.05) is 0 Å². The Hall–Kier alpha value is -1.67. The van der Waals surface area contributed by atoms with Gasteiger partial charge in [-0.05, 0) is 38.1 Å². The molecule has 1 amide bonds. The van der Waals surface area contributed by atoms with E-state index in [4.69, 9.17) is 9.47 Å². The Bertz CT molecular complexity index is 549.